The Kier molecular flexibility index (Phi) is 10.2. The third kappa shape index (κ3) is 8.00. The van der Waals surface area contributed by atoms with Crippen molar-refractivity contribution in [2.75, 3.05) is 44.2 Å². The molecule has 1 atom stereocenters. The van der Waals surface area contributed by atoms with Crippen LogP contribution >= 0.6 is 11.6 Å². The molecule has 0 unspecified atom stereocenters. The fourth-order valence-electron chi connectivity index (χ4n) is 5.38. The van der Waals surface area contributed by atoms with Crippen LogP contribution in [0.25, 0.3) is 6.08 Å². The summed E-state index contributed by atoms with van der Waals surface area (Å²) in [6.07, 6.45) is 4.16. The van der Waals surface area contributed by atoms with Crippen LogP contribution in [0.5, 0.6) is 11.5 Å². The number of likely N-dealkylation sites (tertiary alicyclic amines) is 1. The van der Waals surface area contributed by atoms with Crippen LogP contribution in [0.2, 0.25) is 5.02 Å². The molecule has 232 valence electrons. The molecular weight excluding hydrogens is 572 g/mol. The number of phenols is 1. The van der Waals surface area contributed by atoms with Gasteiger partial charge < -0.3 is 30.1 Å². The van der Waals surface area contributed by atoms with E-state index in [0.717, 1.165) is 12.1 Å². The van der Waals surface area contributed by atoms with Crippen LogP contribution in [0, 0.1) is 0 Å². The fourth-order valence-corrected chi connectivity index (χ4v) is 5.62. The molecule has 0 spiro atoms. The molecule has 0 aromatic heterocycles. The van der Waals surface area contributed by atoms with E-state index >= 15 is 0 Å². The van der Waals surface area contributed by atoms with Crippen molar-refractivity contribution in [3.8, 4) is 11.5 Å². The van der Waals surface area contributed by atoms with Crippen LogP contribution in [0.4, 0.5) is 10.5 Å². The number of halogens is 1. The van der Waals surface area contributed by atoms with Crippen molar-refractivity contribution in [1.82, 2.24) is 9.80 Å². The zero-order valence-corrected chi connectivity index (χ0v) is 26.0. The number of ketones is 1. The Morgan fingerprint density at radius 2 is 1.81 bits per heavy atom. The standard InChI is InChI=1S/C32H41ClN4O6/c1-5-42-28-13-11-23(29(39)24(28)20-37-14-6-7-26(37)30(34)40)27(38)12-9-21-8-10-22(19-25(21)33)35-15-17-36(18-16-35)31(41)43-32(2,3)4/h8-13,19,26,39H,5-7,14-18,20H2,1-4H3,(H2,34,40)/b12-9+/t26-/m0/s1. The topological polar surface area (TPSA) is 126 Å². The summed E-state index contributed by atoms with van der Waals surface area (Å²) < 4.78 is 11.2. The number of hydrogen-bond donors (Lipinski definition) is 2. The average Bonchev–Trinajstić information content (AvgIpc) is 3.42. The van der Waals surface area contributed by atoms with Crippen molar-refractivity contribution in [3.05, 3.63) is 58.1 Å². The molecule has 0 saturated carbocycles. The summed E-state index contributed by atoms with van der Waals surface area (Å²) in [5.74, 6) is -0.520. The van der Waals surface area contributed by atoms with E-state index in [4.69, 9.17) is 26.8 Å². The van der Waals surface area contributed by atoms with Crippen molar-refractivity contribution >= 4 is 41.1 Å². The van der Waals surface area contributed by atoms with Crippen molar-refractivity contribution in [2.45, 2.75) is 58.7 Å². The minimum absolute atomic E-state index is 0.125. The van der Waals surface area contributed by atoms with E-state index in [-0.39, 0.29) is 24.0 Å². The number of nitrogens with zero attached hydrogens (tertiary/aromatic N) is 3. The molecule has 2 aliphatic heterocycles. The monoisotopic (exact) mass is 612 g/mol. The van der Waals surface area contributed by atoms with Gasteiger partial charge in [0.15, 0.2) is 5.78 Å². The van der Waals surface area contributed by atoms with Crippen LogP contribution < -0.4 is 15.4 Å². The van der Waals surface area contributed by atoms with Crippen LogP contribution in [-0.4, -0.2) is 83.7 Å². The highest BCUT2D eigenvalue weighted by Crippen LogP contribution is 2.35. The second-order valence-corrected chi connectivity index (χ2v) is 12.2. The van der Waals surface area contributed by atoms with Gasteiger partial charge in [0.2, 0.25) is 5.91 Å². The Bertz CT molecular complexity index is 1380. The molecule has 2 aromatic carbocycles. The molecule has 2 saturated heterocycles. The van der Waals surface area contributed by atoms with Gasteiger partial charge in [-0.25, -0.2) is 4.79 Å². The Morgan fingerprint density at radius 1 is 1.09 bits per heavy atom. The molecule has 2 heterocycles. The van der Waals surface area contributed by atoms with Crippen LogP contribution in [-0.2, 0) is 16.1 Å². The number of rotatable bonds is 9. The third-order valence-corrected chi connectivity index (χ3v) is 7.88. The highest BCUT2D eigenvalue weighted by molar-refractivity contribution is 6.32. The molecule has 0 bridgehead atoms. The molecule has 2 aromatic rings. The number of hydrogen-bond acceptors (Lipinski definition) is 8. The number of carbonyl (C=O) groups is 3. The maximum Gasteiger partial charge on any atom is 0.410 e. The van der Waals surface area contributed by atoms with Gasteiger partial charge in [-0.05, 0) is 89.1 Å². The lowest BCUT2D eigenvalue weighted by Crippen LogP contribution is -2.50. The van der Waals surface area contributed by atoms with Crippen molar-refractivity contribution in [2.24, 2.45) is 5.73 Å². The number of piperazine rings is 1. The highest BCUT2D eigenvalue weighted by Gasteiger charge is 2.31. The number of primary amides is 1. The van der Waals surface area contributed by atoms with E-state index in [1.54, 1.807) is 17.0 Å². The summed E-state index contributed by atoms with van der Waals surface area (Å²) in [6.45, 7) is 11.0. The Hall–Kier alpha value is -3.76. The van der Waals surface area contributed by atoms with Crippen molar-refractivity contribution < 1.29 is 29.0 Å². The summed E-state index contributed by atoms with van der Waals surface area (Å²) in [7, 11) is 0. The molecule has 11 heteroatoms. The number of allylic oxidation sites excluding steroid dienone is 1. The number of anilines is 1. The van der Waals surface area contributed by atoms with Crippen LogP contribution in [0.1, 0.15) is 62.0 Å². The summed E-state index contributed by atoms with van der Waals surface area (Å²) >= 11 is 6.59. The minimum Gasteiger partial charge on any atom is -0.507 e. The lowest BCUT2D eigenvalue weighted by molar-refractivity contribution is -0.122. The normalized spacial score (nSPS) is 17.8. The maximum atomic E-state index is 13.2. The van der Waals surface area contributed by atoms with Crippen LogP contribution in [0.3, 0.4) is 0 Å². The molecule has 10 nitrogen and oxygen atoms in total. The summed E-state index contributed by atoms with van der Waals surface area (Å²) in [5, 5.41) is 11.6. The number of benzene rings is 2. The molecule has 3 N–H and O–H groups in total. The first-order valence-electron chi connectivity index (χ1n) is 14.6. The predicted octanol–water partition coefficient (Wildman–Crippen LogP) is 4.85. The first kappa shape index (κ1) is 32.2. The molecule has 2 fully saturated rings. The molecule has 4 rings (SSSR count). The van der Waals surface area contributed by atoms with Gasteiger partial charge in [0.25, 0.3) is 0 Å². The first-order chi connectivity index (χ1) is 20.4. The smallest absolute Gasteiger partial charge is 0.410 e. The Morgan fingerprint density at radius 3 is 2.44 bits per heavy atom. The second kappa shape index (κ2) is 13.7. The molecule has 43 heavy (non-hydrogen) atoms. The molecule has 2 amide bonds. The third-order valence-electron chi connectivity index (χ3n) is 7.55. The average molecular weight is 613 g/mol. The molecular formula is C32H41ClN4O6. The van der Waals surface area contributed by atoms with Gasteiger partial charge in [0.05, 0.1) is 23.8 Å². The van der Waals surface area contributed by atoms with Gasteiger partial charge in [0.1, 0.15) is 17.1 Å². The highest BCUT2D eigenvalue weighted by atomic mass is 35.5. The number of nitrogens with two attached hydrogens (primary N) is 1. The van der Waals surface area contributed by atoms with Gasteiger partial charge in [-0.3, -0.25) is 14.5 Å². The minimum atomic E-state index is -0.538. The SMILES string of the molecule is CCOc1ccc(C(=O)/C=C/c2ccc(N3CCN(C(=O)OC(C)(C)C)CC3)cc2Cl)c(O)c1CN1CCC[C@H]1C(N)=O. The van der Waals surface area contributed by atoms with E-state index in [0.29, 0.717) is 67.7 Å². The van der Waals surface area contributed by atoms with E-state index in [9.17, 15) is 19.5 Å². The number of amides is 2. The van der Waals surface area contributed by atoms with Gasteiger partial charge in [0, 0.05) is 43.4 Å². The Labute approximate surface area is 258 Å². The lowest BCUT2D eigenvalue weighted by Gasteiger charge is -2.36. The zero-order chi connectivity index (χ0) is 31.3. The quantitative estimate of drug-likeness (QED) is 0.304. The lowest BCUT2D eigenvalue weighted by atomic mass is 10.0. The maximum absolute atomic E-state index is 13.2. The zero-order valence-electron chi connectivity index (χ0n) is 25.3. The van der Waals surface area contributed by atoms with Gasteiger partial charge in [-0.2, -0.15) is 0 Å². The van der Waals surface area contributed by atoms with E-state index < -0.39 is 23.3 Å². The van der Waals surface area contributed by atoms with Crippen molar-refractivity contribution in [1.29, 1.82) is 0 Å². The van der Waals surface area contributed by atoms with Gasteiger partial charge >= 0.3 is 6.09 Å². The van der Waals surface area contributed by atoms with E-state index in [2.05, 4.69) is 4.90 Å². The molecule has 0 aliphatic carbocycles. The largest absolute Gasteiger partial charge is 0.507 e. The second-order valence-electron chi connectivity index (χ2n) is 11.8. The molecule has 0 radical (unpaired) electrons. The van der Waals surface area contributed by atoms with Crippen molar-refractivity contribution in [3.63, 3.8) is 0 Å². The first-order valence-corrected chi connectivity index (χ1v) is 15.0. The summed E-state index contributed by atoms with van der Waals surface area (Å²) in [6, 6.07) is 8.38. The fraction of sp³-hybridized carbons (Fsp3) is 0.469. The summed E-state index contributed by atoms with van der Waals surface area (Å²) in [4.78, 5) is 43.2. The van der Waals surface area contributed by atoms with Crippen LogP contribution in [0.15, 0.2) is 36.4 Å². The van der Waals surface area contributed by atoms with Gasteiger partial charge in [-0.15, -0.1) is 0 Å². The van der Waals surface area contributed by atoms with E-state index in [1.807, 2.05) is 50.8 Å². The number of carbonyl (C=O) groups excluding carboxylic acids is 3. The molecule has 2 aliphatic rings. The number of ether oxygens (including phenoxy) is 2. The summed E-state index contributed by atoms with van der Waals surface area (Å²) in [5.41, 5.74) is 7.18. The number of aromatic hydroxyl groups is 1. The predicted molar refractivity (Wildman–Crippen MR) is 167 cm³/mol. The Balaban J connectivity index is 1.45. The van der Waals surface area contributed by atoms with Gasteiger partial charge in [-0.1, -0.05) is 17.7 Å². The van der Waals surface area contributed by atoms with E-state index in [1.165, 1.54) is 12.1 Å². The number of phenolic OH excluding ortho intramolecular Hbond substituents is 1.